The fourth-order valence-electron chi connectivity index (χ4n) is 1.57. The van der Waals surface area contributed by atoms with Crippen LogP contribution in [0.5, 0.6) is 0 Å². The number of fused-ring (bicyclic) bond motifs is 1. The molecule has 0 aromatic carbocycles. The predicted molar refractivity (Wildman–Crippen MR) is 52.6 cm³/mol. The van der Waals surface area contributed by atoms with Crippen LogP contribution in [0.15, 0.2) is 6.07 Å². The molecule has 0 fully saturated rings. The van der Waals surface area contributed by atoms with Crippen LogP contribution in [0, 0.1) is 11.8 Å². The molecule has 3 heteroatoms. The first-order valence-corrected chi connectivity index (χ1v) is 4.81. The average molecular weight is 188 g/mol. The van der Waals surface area contributed by atoms with Crippen LogP contribution in [0.2, 0.25) is 0 Å². The van der Waals surface area contributed by atoms with E-state index in [1.165, 1.54) is 5.56 Å². The molecule has 0 bridgehead atoms. The summed E-state index contributed by atoms with van der Waals surface area (Å²) in [6, 6.07) is 1.98. The SMILES string of the molecule is C[C@H](O)C#Cc1cc2c(nn1)CCC2. The Morgan fingerprint density at radius 3 is 3.07 bits per heavy atom. The van der Waals surface area contributed by atoms with Crippen LogP contribution in [-0.2, 0) is 12.8 Å². The van der Waals surface area contributed by atoms with Crippen molar-refractivity contribution in [3.63, 3.8) is 0 Å². The van der Waals surface area contributed by atoms with E-state index in [4.69, 9.17) is 5.11 Å². The largest absolute Gasteiger partial charge is 0.381 e. The molecule has 1 aliphatic rings. The van der Waals surface area contributed by atoms with E-state index in [0.29, 0.717) is 5.69 Å². The first kappa shape index (κ1) is 9.17. The molecule has 0 spiro atoms. The van der Waals surface area contributed by atoms with Crippen molar-refractivity contribution in [1.29, 1.82) is 0 Å². The van der Waals surface area contributed by atoms with Gasteiger partial charge in [0.25, 0.3) is 0 Å². The third kappa shape index (κ3) is 1.91. The molecule has 1 N–H and O–H groups in total. The van der Waals surface area contributed by atoms with Gasteiger partial charge in [0.05, 0.1) is 5.69 Å². The first-order chi connectivity index (χ1) is 6.75. The van der Waals surface area contributed by atoms with E-state index in [1.807, 2.05) is 6.07 Å². The molecule has 1 aliphatic carbocycles. The van der Waals surface area contributed by atoms with Gasteiger partial charge < -0.3 is 5.11 Å². The Bertz CT molecular complexity index is 401. The van der Waals surface area contributed by atoms with Crippen LogP contribution in [0.3, 0.4) is 0 Å². The zero-order valence-corrected chi connectivity index (χ0v) is 8.12. The van der Waals surface area contributed by atoms with Gasteiger partial charge in [0, 0.05) is 0 Å². The van der Waals surface area contributed by atoms with Gasteiger partial charge in [0.2, 0.25) is 0 Å². The maximum atomic E-state index is 8.99. The molecule has 0 amide bonds. The summed E-state index contributed by atoms with van der Waals surface area (Å²) in [7, 11) is 0. The van der Waals surface area contributed by atoms with E-state index in [2.05, 4.69) is 22.0 Å². The van der Waals surface area contributed by atoms with Gasteiger partial charge in [0.1, 0.15) is 11.8 Å². The minimum absolute atomic E-state index is 0.606. The highest BCUT2D eigenvalue weighted by Gasteiger charge is 2.12. The summed E-state index contributed by atoms with van der Waals surface area (Å²) in [5, 5.41) is 17.1. The lowest BCUT2D eigenvalue weighted by Gasteiger charge is -1.96. The smallest absolute Gasteiger partial charge is 0.136 e. The van der Waals surface area contributed by atoms with E-state index in [-0.39, 0.29) is 0 Å². The van der Waals surface area contributed by atoms with Crippen molar-refractivity contribution in [3.05, 3.63) is 23.0 Å². The van der Waals surface area contributed by atoms with Crippen LogP contribution < -0.4 is 0 Å². The van der Waals surface area contributed by atoms with Crippen LogP contribution in [0.1, 0.15) is 30.3 Å². The van der Waals surface area contributed by atoms with E-state index in [9.17, 15) is 0 Å². The van der Waals surface area contributed by atoms with Crippen molar-refractivity contribution in [3.8, 4) is 11.8 Å². The van der Waals surface area contributed by atoms with E-state index in [0.717, 1.165) is 25.0 Å². The Labute approximate surface area is 83.2 Å². The van der Waals surface area contributed by atoms with Crippen molar-refractivity contribution >= 4 is 0 Å². The average Bonchev–Trinajstić information content (AvgIpc) is 2.61. The summed E-state index contributed by atoms with van der Waals surface area (Å²) in [4.78, 5) is 0. The lowest BCUT2D eigenvalue weighted by atomic mass is 10.2. The summed E-state index contributed by atoms with van der Waals surface area (Å²) >= 11 is 0. The molecule has 3 nitrogen and oxygen atoms in total. The highest BCUT2D eigenvalue weighted by atomic mass is 16.3. The highest BCUT2D eigenvalue weighted by molar-refractivity contribution is 5.34. The van der Waals surface area contributed by atoms with Gasteiger partial charge in [-0.3, -0.25) is 0 Å². The van der Waals surface area contributed by atoms with Gasteiger partial charge in [-0.15, -0.1) is 5.10 Å². The van der Waals surface area contributed by atoms with Crippen molar-refractivity contribution in [2.24, 2.45) is 0 Å². The van der Waals surface area contributed by atoms with Crippen molar-refractivity contribution in [2.45, 2.75) is 32.3 Å². The Hall–Kier alpha value is -1.40. The van der Waals surface area contributed by atoms with E-state index >= 15 is 0 Å². The second kappa shape index (κ2) is 3.77. The first-order valence-electron chi connectivity index (χ1n) is 4.81. The molecule has 1 aromatic rings. The highest BCUT2D eigenvalue weighted by Crippen LogP contribution is 2.18. The normalized spacial score (nSPS) is 15.6. The zero-order chi connectivity index (χ0) is 9.97. The van der Waals surface area contributed by atoms with Crippen molar-refractivity contribution < 1.29 is 5.11 Å². The summed E-state index contributed by atoms with van der Waals surface area (Å²) < 4.78 is 0. The van der Waals surface area contributed by atoms with Gasteiger partial charge in [-0.2, -0.15) is 5.10 Å². The number of nitrogens with zero attached hydrogens (tertiary/aromatic N) is 2. The van der Waals surface area contributed by atoms with Crippen molar-refractivity contribution in [1.82, 2.24) is 10.2 Å². The molecule has 14 heavy (non-hydrogen) atoms. The number of rotatable bonds is 0. The van der Waals surface area contributed by atoms with Gasteiger partial charge >= 0.3 is 0 Å². The number of aliphatic hydroxyl groups excluding tert-OH is 1. The van der Waals surface area contributed by atoms with Gasteiger partial charge in [-0.25, -0.2) is 0 Å². The van der Waals surface area contributed by atoms with Crippen LogP contribution in [0.25, 0.3) is 0 Å². The summed E-state index contributed by atoms with van der Waals surface area (Å²) in [5.74, 6) is 5.46. The lowest BCUT2D eigenvalue weighted by molar-refractivity contribution is 0.253. The van der Waals surface area contributed by atoms with Gasteiger partial charge in [0.15, 0.2) is 0 Å². The number of hydrogen-bond donors (Lipinski definition) is 1. The lowest BCUT2D eigenvalue weighted by Crippen LogP contribution is -1.97. The summed E-state index contributed by atoms with van der Waals surface area (Å²) in [6.07, 6.45) is 2.67. The summed E-state index contributed by atoms with van der Waals surface area (Å²) in [5.41, 5.74) is 3.02. The fourth-order valence-corrected chi connectivity index (χ4v) is 1.57. The molecule has 0 radical (unpaired) electrons. The molecule has 1 atom stereocenters. The molecular formula is C11H12N2O. The Kier molecular flexibility index (Phi) is 2.47. The summed E-state index contributed by atoms with van der Waals surface area (Å²) in [6.45, 7) is 1.63. The van der Waals surface area contributed by atoms with Crippen LogP contribution >= 0.6 is 0 Å². The van der Waals surface area contributed by atoms with Gasteiger partial charge in [-0.05, 0) is 43.7 Å². The molecular weight excluding hydrogens is 176 g/mol. The quantitative estimate of drug-likeness (QED) is 0.609. The monoisotopic (exact) mass is 188 g/mol. The maximum absolute atomic E-state index is 8.99. The van der Waals surface area contributed by atoms with E-state index in [1.54, 1.807) is 6.92 Å². The predicted octanol–water partition coefficient (Wildman–Crippen LogP) is 0.698. The van der Waals surface area contributed by atoms with Crippen LogP contribution in [-0.4, -0.2) is 21.4 Å². The molecule has 2 rings (SSSR count). The van der Waals surface area contributed by atoms with Crippen LogP contribution in [0.4, 0.5) is 0 Å². The van der Waals surface area contributed by atoms with Gasteiger partial charge in [-0.1, -0.05) is 5.92 Å². The number of aryl methyl sites for hydroxylation is 2. The topological polar surface area (TPSA) is 46.0 Å². The Morgan fingerprint density at radius 1 is 1.43 bits per heavy atom. The maximum Gasteiger partial charge on any atom is 0.136 e. The molecule has 72 valence electrons. The zero-order valence-electron chi connectivity index (χ0n) is 8.12. The third-order valence-electron chi connectivity index (χ3n) is 2.23. The van der Waals surface area contributed by atoms with E-state index < -0.39 is 6.10 Å². The van der Waals surface area contributed by atoms with Crippen molar-refractivity contribution in [2.75, 3.05) is 0 Å². The fraction of sp³-hybridized carbons (Fsp3) is 0.455. The molecule has 0 saturated carbocycles. The number of hydrogen-bond acceptors (Lipinski definition) is 3. The minimum Gasteiger partial charge on any atom is -0.381 e. The molecule has 0 unspecified atom stereocenters. The molecule has 1 aromatic heterocycles. The molecule has 0 saturated heterocycles. The number of aromatic nitrogens is 2. The molecule has 0 aliphatic heterocycles. The second-order valence-corrected chi connectivity index (χ2v) is 3.50. The minimum atomic E-state index is -0.606. The second-order valence-electron chi connectivity index (χ2n) is 3.50. The number of aliphatic hydroxyl groups is 1. The molecule has 1 heterocycles. The third-order valence-corrected chi connectivity index (χ3v) is 2.23. The Morgan fingerprint density at radius 2 is 2.29 bits per heavy atom. The Balaban J connectivity index is 2.26. The standard InChI is InChI=1S/C11H12N2O/c1-8(14)5-6-10-7-9-3-2-4-11(9)13-12-10/h7-8,14H,2-4H2,1H3/t8-/m0/s1.